The Bertz CT molecular complexity index is 285. The maximum atomic E-state index is 10.2. The summed E-state index contributed by atoms with van der Waals surface area (Å²) >= 11 is 6.73. The van der Waals surface area contributed by atoms with E-state index in [9.17, 15) is 4.79 Å². The van der Waals surface area contributed by atoms with Gasteiger partial charge in [-0.2, -0.15) is 11.8 Å². The number of rotatable bonds is 5. The molecule has 2 nitrogen and oxygen atoms in total. The van der Waals surface area contributed by atoms with E-state index in [0.29, 0.717) is 5.75 Å². The number of thioether (sulfide) groups is 1. The molecule has 0 radical (unpaired) electrons. The number of hydrogen-bond acceptors (Lipinski definition) is 3. The van der Waals surface area contributed by atoms with Gasteiger partial charge in [-0.1, -0.05) is 0 Å². The van der Waals surface area contributed by atoms with Crippen LogP contribution in [0.15, 0.2) is 15.9 Å². The number of aliphatic carboxylic acids is 1. The van der Waals surface area contributed by atoms with Gasteiger partial charge in [0, 0.05) is 16.4 Å². The van der Waals surface area contributed by atoms with Crippen LogP contribution in [0.5, 0.6) is 0 Å². The molecule has 72 valence electrons. The largest absolute Gasteiger partial charge is 0.481 e. The van der Waals surface area contributed by atoms with E-state index >= 15 is 0 Å². The fraction of sp³-hybridized carbons (Fsp3) is 0.375. The summed E-state index contributed by atoms with van der Waals surface area (Å²) in [7, 11) is 0. The van der Waals surface area contributed by atoms with Crippen LogP contribution >= 0.6 is 39.0 Å². The van der Waals surface area contributed by atoms with Gasteiger partial charge in [0.1, 0.15) is 0 Å². The van der Waals surface area contributed by atoms with Crippen LogP contribution in [0.4, 0.5) is 0 Å². The zero-order chi connectivity index (χ0) is 9.68. The molecule has 0 spiro atoms. The van der Waals surface area contributed by atoms with Crippen LogP contribution in [-0.4, -0.2) is 16.8 Å². The van der Waals surface area contributed by atoms with Crippen molar-refractivity contribution in [3.8, 4) is 0 Å². The lowest BCUT2D eigenvalue weighted by Gasteiger charge is -1.95. The molecule has 0 aliphatic rings. The van der Waals surface area contributed by atoms with Crippen LogP contribution in [-0.2, 0) is 10.5 Å². The van der Waals surface area contributed by atoms with Crippen molar-refractivity contribution >= 4 is 45.0 Å². The van der Waals surface area contributed by atoms with E-state index in [1.165, 1.54) is 4.88 Å². The number of carboxylic acid groups (broad SMARTS) is 1. The second-order valence-corrected chi connectivity index (χ2v) is 6.05. The molecule has 1 heterocycles. The molecule has 5 heteroatoms. The Hall–Kier alpha value is -0.0000000000000000833. The lowest BCUT2D eigenvalue weighted by Crippen LogP contribution is -1.95. The number of carbonyl (C=O) groups is 1. The molecule has 0 atom stereocenters. The standard InChI is InChI=1S/C8H9BrO2S2/c9-7-2-1-6(13-7)5-12-4-3-8(10)11/h1-2H,3-5H2,(H,10,11). The van der Waals surface area contributed by atoms with Crippen LogP contribution in [0, 0.1) is 0 Å². The summed E-state index contributed by atoms with van der Waals surface area (Å²) in [5, 5.41) is 8.40. The van der Waals surface area contributed by atoms with Gasteiger partial charge in [-0.05, 0) is 28.1 Å². The summed E-state index contributed by atoms with van der Waals surface area (Å²) in [6.07, 6.45) is 0.247. The van der Waals surface area contributed by atoms with Crippen LogP contribution in [0.1, 0.15) is 11.3 Å². The van der Waals surface area contributed by atoms with Gasteiger partial charge in [-0.15, -0.1) is 11.3 Å². The number of hydrogen-bond donors (Lipinski definition) is 1. The molecular formula is C8H9BrO2S2. The van der Waals surface area contributed by atoms with Crippen molar-refractivity contribution in [1.82, 2.24) is 0 Å². The van der Waals surface area contributed by atoms with Crippen molar-refractivity contribution in [3.63, 3.8) is 0 Å². The van der Waals surface area contributed by atoms with Gasteiger partial charge in [0.2, 0.25) is 0 Å². The quantitative estimate of drug-likeness (QED) is 0.842. The lowest BCUT2D eigenvalue weighted by atomic mass is 10.5. The Kier molecular flexibility index (Phi) is 4.83. The highest BCUT2D eigenvalue weighted by molar-refractivity contribution is 9.11. The second-order valence-electron chi connectivity index (χ2n) is 2.40. The van der Waals surface area contributed by atoms with E-state index in [4.69, 9.17) is 5.11 Å². The predicted molar refractivity (Wildman–Crippen MR) is 60.4 cm³/mol. The molecule has 0 aliphatic heterocycles. The minimum atomic E-state index is -0.722. The van der Waals surface area contributed by atoms with E-state index in [-0.39, 0.29) is 6.42 Å². The summed E-state index contributed by atoms with van der Waals surface area (Å²) in [6.45, 7) is 0. The Morgan fingerprint density at radius 1 is 1.62 bits per heavy atom. The van der Waals surface area contributed by atoms with Crippen molar-refractivity contribution in [2.24, 2.45) is 0 Å². The van der Waals surface area contributed by atoms with Crippen molar-refractivity contribution < 1.29 is 9.90 Å². The predicted octanol–water partition coefficient (Wildman–Crippen LogP) is 3.22. The highest BCUT2D eigenvalue weighted by Gasteiger charge is 1.99. The summed E-state index contributed by atoms with van der Waals surface area (Å²) in [5.41, 5.74) is 0. The molecule has 0 fully saturated rings. The highest BCUT2D eigenvalue weighted by Crippen LogP contribution is 2.25. The average Bonchev–Trinajstić information content (AvgIpc) is 2.45. The van der Waals surface area contributed by atoms with Crippen LogP contribution in [0.2, 0.25) is 0 Å². The van der Waals surface area contributed by atoms with Crippen molar-refractivity contribution in [2.75, 3.05) is 5.75 Å². The third-order valence-electron chi connectivity index (χ3n) is 1.33. The molecule has 0 unspecified atom stereocenters. The zero-order valence-corrected chi connectivity index (χ0v) is 10.0. The highest BCUT2D eigenvalue weighted by atomic mass is 79.9. The first-order valence-electron chi connectivity index (χ1n) is 3.72. The third kappa shape index (κ3) is 4.69. The summed E-state index contributed by atoms with van der Waals surface area (Å²) in [4.78, 5) is 11.5. The lowest BCUT2D eigenvalue weighted by molar-refractivity contribution is -0.136. The van der Waals surface area contributed by atoms with E-state index in [1.54, 1.807) is 23.1 Å². The Morgan fingerprint density at radius 3 is 2.92 bits per heavy atom. The van der Waals surface area contributed by atoms with Crippen LogP contribution in [0.25, 0.3) is 0 Å². The molecule has 1 N–H and O–H groups in total. The fourth-order valence-corrected chi connectivity index (χ4v) is 3.29. The molecule has 1 aromatic rings. The Morgan fingerprint density at radius 2 is 2.38 bits per heavy atom. The Labute approximate surface area is 93.5 Å². The maximum Gasteiger partial charge on any atom is 0.304 e. The molecule has 0 saturated heterocycles. The van der Waals surface area contributed by atoms with Gasteiger partial charge in [0.15, 0.2) is 0 Å². The summed E-state index contributed by atoms with van der Waals surface area (Å²) in [5.74, 6) is 0.869. The van der Waals surface area contributed by atoms with Gasteiger partial charge >= 0.3 is 5.97 Å². The van der Waals surface area contributed by atoms with Gasteiger partial charge < -0.3 is 5.11 Å². The molecular weight excluding hydrogens is 272 g/mol. The Balaban J connectivity index is 2.16. The van der Waals surface area contributed by atoms with E-state index in [1.807, 2.05) is 6.07 Å². The van der Waals surface area contributed by atoms with Gasteiger partial charge in [0.05, 0.1) is 10.2 Å². The van der Waals surface area contributed by atoms with Gasteiger partial charge in [0.25, 0.3) is 0 Å². The van der Waals surface area contributed by atoms with E-state index in [2.05, 4.69) is 22.0 Å². The molecule has 0 amide bonds. The smallest absolute Gasteiger partial charge is 0.304 e. The van der Waals surface area contributed by atoms with Crippen molar-refractivity contribution in [2.45, 2.75) is 12.2 Å². The minimum Gasteiger partial charge on any atom is -0.481 e. The average molecular weight is 281 g/mol. The first kappa shape index (κ1) is 11.1. The second kappa shape index (κ2) is 5.67. The SMILES string of the molecule is O=C(O)CCSCc1ccc(Br)s1. The molecule has 13 heavy (non-hydrogen) atoms. The number of carboxylic acids is 1. The van der Waals surface area contributed by atoms with Crippen LogP contribution < -0.4 is 0 Å². The monoisotopic (exact) mass is 280 g/mol. The minimum absolute atomic E-state index is 0.247. The van der Waals surface area contributed by atoms with Crippen LogP contribution in [0.3, 0.4) is 0 Å². The fourth-order valence-electron chi connectivity index (χ4n) is 0.762. The summed E-state index contributed by atoms with van der Waals surface area (Å²) < 4.78 is 1.13. The molecule has 1 rings (SSSR count). The molecule has 0 bridgehead atoms. The van der Waals surface area contributed by atoms with Crippen molar-refractivity contribution in [3.05, 3.63) is 20.8 Å². The number of thiophene rings is 1. The van der Waals surface area contributed by atoms with Crippen molar-refractivity contribution in [1.29, 1.82) is 0 Å². The normalized spacial score (nSPS) is 10.2. The van der Waals surface area contributed by atoms with Gasteiger partial charge in [-0.3, -0.25) is 4.79 Å². The third-order valence-corrected chi connectivity index (χ3v) is 4.15. The first-order valence-corrected chi connectivity index (χ1v) is 6.48. The topological polar surface area (TPSA) is 37.3 Å². The molecule has 0 saturated carbocycles. The number of halogens is 1. The first-order chi connectivity index (χ1) is 6.18. The van der Waals surface area contributed by atoms with E-state index < -0.39 is 5.97 Å². The van der Waals surface area contributed by atoms with E-state index in [0.717, 1.165) is 9.54 Å². The molecule has 0 aliphatic carbocycles. The maximum absolute atomic E-state index is 10.2. The molecule has 0 aromatic carbocycles. The zero-order valence-electron chi connectivity index (χ0n) is 6.83. The summed E-state index contributed by atoms with van der Waals surface area (Å²) in [6, 6.07) is 4.07. The van der Waals surface area contributed by atoms with Gasteiger partial charge in [-0.25, -0.2) is 0 Å². The molecule has 1 aromatic heterocycles.